The molecule has 2 aliphatic carbocycles. The van der Waals surface area contributed by atoms with Gasteiger partial charge in [-0.3, -0.25) is 4.79 Å². The molecule has 0 N–H and O–H groups in total. The summed E-state index contributed by atoms with van der Waals surface area (Å²) >= 11 is 0. The van der Waals surface area contributed by atoms with Gasteiger partial charge in [0.2, 0.25) is 0 Å². The fraction of sp³-hybridized carbons (Fsp3) is 0.615. The number of esters is 1. The zero-order valence-corrected chi connectivity index (χ0v) is 9.03. The minimum Gasteiger partial charge on any atom is -0.465 e. The Balaban J connectivity index is 2.04. The van der Waals surface area contributed by atoms with Crippen molar-refractivity contribution < 1.29 is 9.53 Å². The van der Waals surface area contributed by atoms with E-state index in [0.29, 0.717) is 18.4 Å². The molecule has 0 spiro atoms. The summed E-state index contributed by atoms with van der Waals surface area (Å²) in [5.41, 5.74) is 2.81. The number of hydrogen-bond donors (Lipinski definition) is 0. The van der Waals surface area contributed by atoms with Crippen LogP contribution < -0.4 is 0 Å². The van der Waals surface area contributed by atoms with Crippen molar-refractivity contribution >= 4 is 5.97 Å². The third-order valence-corrected chi connectivity index (χ3v) is 4.07. The molecule has 0 unspecified atom stereocenters. The maximum absolute atomic E-state index is 11.7. The van der Waals surface area contributed by atoms with Crippen LogP contribution in [0.25, 0.3) is 0 Å². The second kappa shape index (κ2) is 3.22. The van der Waals surface area contributed by atoms with Gasteiger partial charge in [-0.25, -0.2) is 0 Å². The first-order valence-electron chi connectivity index (χ1n) is 5.81. The van der Waals surface area contributed by atoms with Crippen LogP contribution in [0.5, 0.6) is 0 Å². The van der Waals surface area contributed by atoms with Crippen LogP contribution >= 0.6 is 0 Å². The van der Waals surface area contributed by atoms with Crippen LogP contribution in [0, 0.1) is 17.8 Å². The van der Waals surface area contributed by atoms with Gasteiger partial charge in [-0.15, -0.1) is 0 Å². The molecule has 15 heavy (non-hydrogen) atoms. The van der Waals surface area contributed by atoms with Crippen LogP contribution in [-0.4, -0.2) is 12.6 Å². The Kier molecular flexibility index (Phi) is 1.98. The van der Waals surface area contributed by atoms with Crippen LogP contribution in [0.1, 0.15) is 26.2 Å². The summed E-state index contributed by atoms with van der Waals surface area (Å²) in [7, 11) is 0. The maximum atomic E-state index is 11.7. The molecule has 1 aliphatic heterocycles. The Morgan fingerprint density at radius 1 is 1.40 bits per heavy atom. The number of carbonyl (C=O) groups is 1. The number of cyclic esters (lactones) is 1. The predicted octanol–water partition coefficient (Wildman–Crippen LogP) is 2.46. The summed E-state index contributed by atoms with van der Waals surface area (Å²) in [5.74, 6) is 1.19. The van der Waals surface area contributed by atoms with Crippen LogP contribution in [-0.2, 0) is 9.53 Å². The third-order valence-electron chi connectivity index (χ3n) is 4.07. The van der Waals surface area contributed by atoms with Crippen molar-refractivity contribution in [3.63, 3.8) is 0 Å². The lowest BCUT2D eigenvalue weighted by Crippen LogP contribution is -2.43. The Morgan fingerprint density at radius 2 is 2.27 bits per heavy atom. The molecule has 0 amide bonds. The van der Waals surface area contributed by atoms with E-state index in [1.165, 1.54) is 11.1 Å². The maximum Gasteiger partial charge on any atom is 0.309 e. The van der Waals surface area contributed by atoms with E-state index in [9.17, 15) is 4.79 Å². The minimum atomic E-state index is 0.0385. The average molecular weight is 204 g/mol. The van der Waals surface area contributed by atoms with E-state index in [1.54, 1.807) is 0 Å². The summed E-state index contributed by atoms with van der Waals surface area (Å²) in [5, 5.41) is 0. The van der Waals surface area contributed by atoms with E-state index in [4.69, 9.17) is 4.74 Å². The summed E-state index contributed by atoms with van der Waals surface area (Å²) in [4.78, 5) is 11.7. The number of carbonyl (C=O) groups excluding carboxylic acids is 1. The summed E-state index contributed by atoms with van der Waals surface area (Å²) in [6.07, 6.45) is 7.73. The number of rotatable bonds is 0. The fourth-order valence-corrected chi connectivity index (χ4v) is 3.28. The smallest absolute Gasteiger partial charge is 0.309 e. The Labute approximate surface area is 90.0 Å². The van der Waals surface area contributed by atoms with Gasteiger partial charge in [0.05, 0.1) is 12.5 Å². The molecule has 3 atom stereocenters. The average Bonchev–Trinajstić information content (AvgIpc) is 2.27. The lowest BCUT2D eigenvalue weighted by atomic mass is 9.65. The molecule has 3 aliphatic rings. The van der Waals surface area contributed by atoms with Gasteiger partial charge >= 0.3 is 5.97 Å². The van der Waals surface area contributed by atoms with Gasteiger partial charge in [0.15, 0.2) is 0 Å². The molecule has 0 saturated carbocycles. The van der Waals surface area contributed by atoms with Crippen molar-refractivity contribution in [3.05, 3.63) is 23.3 Å². The zero-order valence-electron chi connectivity index (χ0n) is 9.03. The van der Waals surface area contributed by atoms with E-state index in [0.717, 1.165) is 19.3 Å². The van der Waals surface area contributed by atoms with E-state index >= 15 is 0 Å². The molecule has 80 valence electrons. The van der Waals surface area contributed by atoms with Gasteiger partial charge in [0.1, 0.15) is 0 Å². The highest BCUT2D eigenvalue weighted by molar-refractivity contribution is 5.75. The molecule has 3 rings (SSSR count). The Bertz CT molecular complexity index is 365. The van der Waals surface area contributed by atoms with Crippen LogP contribution in [0.3, 0.4) is 0 Å². The fourth-order valence-electron chi connectivity index (χ4n) is 3.28. The van der Waals surface area contributed by atoms with Crippen molar-refractivity contribution in [1.82, 2.24) is 0 Å². The van der Waals surface area contributed by atoms with Gasteiger partial charge < -0.3 is 4.74 Å². The second-order valence-corrected chi connectivity index (χ2v) is 4.88. The van der Waals surface area contributed by atoms with Crippen molar-refractivity contribution in [2.75, 3.05) is 6.61 Å². The van der Waals surface area contributed by atoms with Gasteiger partial charge in [0, 0.05) is 11.8 Å². The summed E-state index contributed by atoms with van der Waals surface area (Å²) < 4.78 is 5.27. The second-order valence-electron chi connectivity index (χ2n) is 4.88. The van der Waals surface area contributed by atoms with Crippen molar-refractivity contribution in [3.8, 4) is 0 Å². The molecular weight excluding hydrogens is 188 g/mol. The summed E-state index contributed by atoms with van der Waals surface area (Å²) in [6.45, 7) is 2.80. The molecule has 1 saturated heterocycles. The molecule has 0 aromatic heterocycles. The highest BCUT2D eigenvalue weighted by atomic mass is 16.5. The quantitative estimate of drug-likeness (QED) is 0.566. The van der Waals surface area contributed by atoms with E-state index in [-0.39, 0.29) is 11.9 Å². The van der Waals surface area contributed by atoms with Crippen molar-refractivity contribution in [1.29, 1.82) is 0 Å². The normalized spacial score (nSPS) is 38.7. The van der Waals surface area contributed by atoms with E-state index in [2.05, 4.69) is 19.1 Å². The SMILES string of the molecule is CC1=CC[C@H]2COC(=O)[C@H]3CCC=C1[C@@H]23. The Hall–Kier alpha value is -1.05. The molecule has 0 radical (unpaired) electrons. The standard InChI is InChI=1S/C13H16O2/c1-8-5-6-9-7-15-13(14)11-4-2-3-10(8)12(9)11/h3,5,9,11-12H,2,4,6-7H2,1H3/t9-,11-,12+/m0/s1. The topological polar surface area (TPSA) is 26.3 Å². The summed E-state index contributed by atoms with van der Waals surface area (Å²) in [6, 6.07) is 0. The first-order chi connectivity index (χ1) is 7.27. The molecule has 2 heteroatoms. The van der Waals surface area contributed by atoms with Crippen LogP contribution in [0.4, 0.5) is 0 Å². The zero-order chi connectivity index (χ0) is 10.4. The molecule has 0 bridgehead atoms. The highest BCUT2D eigenvalue weighted by Gasteiger charge is 2.44. The molecule has 2 nitrogen and oxygen atoms in total. The molecular formula is C13H16O2. The van der Waals surface area contributed by atoms with Gasteiger partial charge in [0.25, 0.3) is 0 Å². The Morgan fingerprint density at radius 3 is 3.13 bits per heavy atom. The lowest BCUT2D eigenvalue weighted by molar-refractivity contribution is -0.160. The molecule has 1 heterocycles. The van der Waals surface area contributed by atoms with Crippen molar-refractivity contribution in [2.24, 2.45) is 17.8 Å². The number of allylic oxidation sites excluding steroid dienone is 4. The predicted molar refractivity (Wildman–Crippen MR) is 57.1 cm³/mol. The number of ether oxygens (including phenoxy) is 1. The first kappa shape index (κ1) is 9.20. The largest absolute Gasteiger partial charge is 0.465 e. The highest BCUT2D eigenvalue weighted by Crippen LogP contribution is 2.46. The first-order valence-corrected chi connectivity index (χ1v) is 5.81. The van der Waals surface area contributed by atoms with Gasteiger partial charge in [-0.1, -0.05) is 17.7 Å². The lowest BCUT2D eigenvalue weighted by Gasteiger charge is -2.43. The third kappa shape index (κ3) is 1.27. The number of hydrogen-bond acceptors (Lipinski definition) is 2. The monoisotopic (exact) mass is 204 g/mol. The van der Waals surface area contributed by atoms with Gasteiger partial charge in [-0.05, 0) is 31.8 Å². The molecule has 0 aromatic carbocycles. The van der Waals surface area contributed by atoms with Crippen molar-refractivity contribution in [2.45, 2.75) is 26.2 Å². The van der Waals surface area contributed by atoms with E-state index in [1.807, 2.05) is 0 Å². The van der Waals surface area contributed by atoms with Crippen LogP contribution in [0.15, 0.2) is 23.3 Å². The van der Waals surface area contributed by atoms with E-state index < -0.39 is 0 Å². The van der Waals surface area contributed by atoms with Gasteiger partial charge in [-0.2, -0.15) is 0 Å². The molecule has 0 aromatic rings. The molecule has 1 fully saturated rings. The van der Waals surface area contributed by atoms with Crippen LogP contribution in [0.2, 0.25) is 0 Å². The minimum absolute atomic E-state index is 0.0385.